The van der Waals surface area contributed by atoms with Gasteiger partial charge >= 0.3 is 0 Å². The number of nitrogens with zero attached hydrogens (tertiary/aromatic N) is 2. The fourth-order valence-corrected chi connectivity index (χ4v) is 1.94. The van der Waals surface area contributed by atoms with Crippen LogP contribution < -0.4 is 0 Å². The third-order valence-corrected chi connectivity index (χ3v) is 2.70. The van der Waals surface area contributed by atoms with Gasteiger partial charge in [-0.1, -0.05) is 6.92 Å². The van der Waals surface area contributed by atoms with Crippen LogP contribution >= 0.6 is 0 Å². The fourth-order valence-electron chi connectivity index (χ4n) is 1.94. The van der Waals surface area contributed by atoms with Crippen LogP contribution in [0.1, 0.15) is 12.5 Å². The van der Waals surface area contributed by atoms with E-state index in [0.717, 1.165) is 16.5 Å². The molecule has 8 heteroatoms. The van der Waals surface area contributed by atoms with E-state index in [2.05, 4.69) is 0 Å². The summed E-state index contributed by atoms with van der Waals surface area (Å²) in [5.41, 5.74) is 2.08. The van der Waals surface area contributed by atoms with E-state index in [0.29, 0.717) is 12.7 Å². The second kappa shape index (κ2) is 6.02. The van der Waals surface area contributed by atoms with Crippen molar-refractivity contribution >= 4 is 26.7 Å². The molecule has 0 saturated heterocycles. The van der Waals surface area contributed by atoms with Crippen molar-refractivity contribution in [2.75, 3.05) is 6.26 Å². The maximum absolute atomic E-state index is 10.8. The van der Waals surface area contributed by atoms with Crippen molar-refractivity contribution in [3.63, 3.8) is 0 Å². The fraction of sp³-hybridized carbons (Fsp3) is 0.333. The second-order valence-electron chi connectivity index (χ2n) is 4.27. The van der Waals surface area contributed by atoms with Crippen LogP contribution in [0.5, 0.6) is 0 Å². The molecule has 0 amide bonds. The summed E-state index contributed by atoms with van der Waals surface area (Å²) in [5, 5.41) is 11.8. The first-order valence-corrected chi connectivity index (χ1v) is 7.63. The summed E-state index contributed by atoms with van der Waals surface area (Å²) in [6.07, 6.45) is 3.32. The first kappa shape index (κ1) is 16.1. The van der Waals surface area contributed by atoms with Crippen LogP contribution in [0.2, 0.25) is 0 Å². The van der Waals surface area contributed by atoms with Crippen LogP contribution in [0.25, 0.3) is 10.9 Å². The van der Waals surface area contributed by atoms with E-state index in [9.17, 15) is 18.5 Å². The van der Waals surface area contributed by atoms with Crippen LogP contribution in [0.15, 0.2) is 24.4 Å². The molecule has 1 aromatic heterocycles. The number of hydrogen-bond donors (Lipinski definition) is 1. The SMILES string of the molecule is CCc1c([N+](=O)[O-])ccc2c1ccn2C.CS(=O)(=O)O. The first-order valence-electron chi connectivity index (χ1n) is 5.79. The molecule has 0 saturated carbocycles. The zero-order valence-electron chi connectivity index (χ0n) is 11.4. The number of aryl methyl sites for hydroxylation is 2. The summed E-state index contributed by atoms with van der Waals surface area (Å²) in [4.78, 5) is 10.5. The lowest BCUT2D eigenvalue weighted by Crippen LogP contribution is -1.95. The largest absolute Gasteiger partial charge is 0.351 e. The standard InChI is InChI=1S/C11H12N2O2.CH4O3S/c1-3-8-9-6-7-12(2)10(9)4-5-11(8)13(14)15;1-5(2,3)4/h4-7H,3H2,1-2H3;1H3,(H,2,3,4). The van der Waals surface area contributed by atoms with E-state index in [1.54, 1.807) is 12.1 Å². The number of hydrogen-bond acceptors (Lipinski definition) is 4. The van der Waals surface area contributed by atoms with Crippen molar-refractivity contribution in [3.05, 3.63) is 40.1 Å². The predicted octanol–water partition coefficient (Wildman–Crippen LogP) is 2.15. The molecular formula is C12H16N2O5S. The van der Waals surface area contributed by atoms with Crippen LogP contribution in [-0.4, -0.2) is 28.7 Å². The normalized spacial score (nSPS) is 11.0. The molecule has 0 bridgehead atoms. The van der Waals surface area contributed by atoms with Gasteiger partial charge in [0.2, 0.25) is 0 Å². The molecule has 0 radical (unpaired) electrons. The summed E-state index contributed by atoms with van der Waals surface area (Å²) in [6, 6.07) is 5.31. The van der Waals surface area contributed by atoms with Crippen molar-refractivity contribution in [2.24, 2.45) is 7.05 Å². The van der Waals surface area contributed by atoms with Gasteiger partial charge in [-0.15, -0.1) is 0 Å². The zero-order valence-corrected chi connectivity index (χ0v) is 12.2. The monoisotopic (exact) mass is 300 g/mol. The number of nitro benzene ring substituents is 1. The molecule has 7 nitrogen and oxygen atoms in total. The zero-order chi connectivity index (χ0) is 15.5. The predicted molar refractivity (Wildman–Crippen MR) is 76.4 cm³/mol. The molecule has 20 heavy (non-hydrogen) atoms. The lowest BCUT2D eigenvalue weighted by molar-refractivity contribution is -0.385. The Morgan fingerprint density at radius 2 is 1.90 bits per heavy atom. The van der Waals surface area contributed by atoms with Crippen molar-refractivity contribution in [3.8, 4) is 0 Å². The van der Waals surface area contributed by atoms with Gasteiger partial charge in [0.1, 0.15) is 0 Å². The highest BCUT2D eigenvalue weighted by atomic mass is 32.2. The number of benzene rings is 1. The van der Waals surface area contributed by atoms with Crippen molar-refractivity contribution in [1.82, 2.24) is 4.57 Å². The molecule has 1 aromatic carbocycles. The highest BCUT2D eigenvalue weighted by molar-refractivity contribution is 7.85. The van der Waals surface area contributed by atoms with Crippen LogP contribution in [-0.2, 0) is 23.6 Å². The van der Waals surface area contributed by atoms with E-state index in [-0.39, 0.29) is 10.6 Å². The number of fused-ring (bicyclic) bond motifs is 1. The lowest BCUT2D eigenvalue weighted by atomic mass is 10.1. The van der Waals surface area contributed by atoms with Gasteiger partial charge in [-0.3, -0.25) is 14.7 Å². The smallest absolute Gasteiger partial charge is 0.273 e. The van der Waals surface area contributed by atoms with Gasteiger partial charge in [-0.2, -0.15) is 8.42 Å². The Bertz CT molecular complexity index is 726. The summed E-state index contributed by atoms with van der Waals surface area (Å²) in [7, 11) is -1.73. The topological polar surface area (TPSA) is 102 Å². The summed E-state index contributed by atoms with van der Waals surface area (Å²) >= 11 is 0. The molecule has 0 atom stereocenters. The molecular weight excluding hydrogens is 284 g/mol. The lowest BCUT2D eigenvalue weighted by Gasteiger charge is -2.02. The van der Waals surface area contributed by atoms with Crippen LogP contribution in [0.4, 0.5) is 5.69 Å². The number of aromatic nitrogens is 1. The summed E-state index contributed by atoms with van der Waals surface area (Å²) in [5.74, 6) is 0. The minimum atomic E-state index is -3.67. The Balaban J connectivity index is 0.000000347. The Labute approximate surface area is 116 Å². The van der Waals surface area contributed by atoms with Gasteiger partial charge in [0.05, 0.1) is 11.2 Å². The third-order valence-electron chi connectivity index (χ3n) is 2.70. The van der Waals surface area contributed by atoms with Crippen LogP contribution in [0.3, 0.4) is 0 Å². The Kier molecular flexibility index (Phi) is 4.85. The van der Waals surface area contributed by atoms with Gasteiger partial charge < -0.3 is 4.57 Å². The number of rotatable bonds is 2. The van der Waals surface area contributed by atoms with Gasteiger partial charge in [0.25, 0.3) is 15.8 Å². The summed E-state index contributed by atoms with van der Waals surface area (Å²) < 4.78 is 27.8. The molecule has 0 aliphatic rings. The highest BCUT2D eigenvalue weighted by Crippen LogP contribution is 2.28. The average Bonchev–Trinajstić information content (AvgIpc) is 2.68. The minimum absolute atomic E-state index is 0.219. The molecule has 110 valence electrons. The van der Waals surface area contributed by atoms with E-state index in [4.69, 9.17) is 4.55 Å². The molecule has 0 spiro atoms. The first-order chi connectivity index (χ1) is 9.15. The molecule has 1 heterocycles. The molecule has 1 N–H and O–H groups in total. The van der Waals surface area contributed by atoms with Crippen molar-refractivity contribution in [1.29, 1.82) is 0 Å². The number of nitro groups is 1. The average molecular weight is 300 g/mol. The minimum Gasteiger partial charge on any atom is -0.351 e. The van der Waals surface area contributed by atoms with Gasteiger partial charge in [0, 0.05) is 35.8 Å². The molecule has 0 fully saturated rings. The van der Waals surface area contributed by atoms with E-state index < -0.39 is 10.1 Å². The quantitative estimate of drug-likeness (QED) is 0.520. The van der Waals surface area contributed by atoms with E-state index in [1.165, 1.54) is 0 Å². The van der Waals surface area contributed by atoms with E-state index >= 15 is 0 Å². The van der Waals surface area contributed by atoms with Gasteiger partial charge in [-0.25, -0.2) is 0 Å². The Morgan fingerprint density at radius 1 is 1.35 bits per heavy atom. The molecule has 0 unspecified atom stereocenters. The highest BCUT2D eigenvalue weighted by Gasteiger charge is 2.15. The second-order valence-corrected chi connectivity index (χ2v) is 5.73. The molecule has 0 aliphatic heterocycles. The van der Waals surface area contributed by atoms with Gasteiger partial charge in [0.15, 0.2) is 0 Å². The van der Waals surface area contributed by atoms with Gasteiger partial charge in [-0.05, 0) is 18.6 Å². The molecule has 2 rings (SSSR count). The van der Waals surface area contributed by atoms with E-state index in [1.807, 2.05) is 30.8 Å². The van der Waals surface area contributed by atoms with Crippen LogP contribution in [0, 0.1) is 10.1 Å². The molecule has 0 aliphatic carbocycles. The van der Waals surface area contributed by atoms with Crippen molar-refractivity contribution < 1.29 is 17.9 Å². The Hall–Kier alpha value is -1.93. The maximum atomic E-state index is 10.8. The third kappa shape index (κ3) is 4.04. The molecule has 2 aromatic rings. The summed E-state index contributed by atoms with van der Waals surface area (Å²) in [6.45, 7) is 1.94. The maximum Gasteiger partial charge on any atom is 0.273 e. The Morgan fingerprint density at radius 3 is 2.35 bits per heavy atom. The van der Waals surface area contributed by atoms with Crippen molar-refractivity contribution in [2.45, 2.75) is 13.3 Å².